The number of rotatable bonds is 6. The maximum Gasteiger partial charge on any atom is 0.323 e. The number of hydrogen-bond acceptors (Lipinski definition) is 5. The number of aromatic hydroxyl groups is 2. The van der Waals surface area contributed by atoms with Gasteiger partial charge in [0.2, 0.25) is 0 Å². The highest BCUT2D eigenvalue weighted by molar-refractivity contribution is 6.30. The summed E-state index contributed by atoms with van der Waals surface area (Å²) in [7, 11) is 0. The third kappa shape index (κ3) is 5.16. The van der Waals surface area contributed by atoms with E-state index in [1.165, 1.54) is 12.1 Å². The van der Waals surface area contributed by atoms with Gasteiger partial charge in [0.25, 0.3) is 0 Å². The van der Waals surface area contributed by atoms with Gasteiger partial charge in [0, 0.05) is 11.4 Å². The number of esters is 1. The molecule has 1 atom stereocenters. The highest BCUT2D eigenvalue weighted by atomic mass is 35.5. The average Bonchev–Trinajstić information content (AvgIpc) is 2.52. The molecule has 0 fully saturated rings. The molecule has 2 aromatic carbocycles. The van der Waals surface area contributed by atoms with Crippen molar-refractivity contribution in [1.82, 2.24) is 0 Å². The van der Waals surface area contributed by atoms with Crippen molar-refractivity contribution in [2.24, 2.45) is 5.73 Å². The molecular weight excluding hydrogens is 318 g/mol. The monoisotopic (exact) mass is 335 g/mol. The van der Waals surface area contributed by atoms with Gasteiger partial charge < -0.3 is 20.7 Å². The van der Waals surface area contributed by atoms with Gasteiger partial charge in [0.1, 0.15) is 6.04 Å². The van der Waals surface area contributed by atoms with Gasteiger partial charge in [0.15, 0.2) is 11.5 Å². The highest BCUT2D eigenvalue weighted by Gasteiger charge is 2.16. The van der Waals surface area contributed by atoms with Gasteiger partial charge in [-0.1, -0.05) is 29.8 Å². The Morgan fingerprint density at radius 3 is 2.39 bits per heavy atom. The molecule has 23 heavy (non-hydrogen) atoms. The number of phenols is 2. The van der Waals surface area contributed by atoms with Crippen molar-refractivity contribution in [1.29, 1.82) is 0 Å². The second-order valence-electron chi connectivity index (χ2n) is 5.18. The van der Waals surface area contributed by atoms with Crippen molar-refractivity contribution in [2.45, 2.75) is 18.9 Å². The van der Waals surface area contributed by atoms with Crippen molar-refractivity contribution in [2.75, 3.05) is 6.61 Å². The van der Waals surface area contributed by atoms with E-state index in [1.54, 1.807) is 18.2 Å². The van der Waals surface area contributed by atoms with Crippen LogP contribution in [0.15, 0.2) is 42.5 Å². The molecule has 0 bridgehead atoms. The van der Waals surface area contributed by atoms with Crippen LogP contribution in [0, 0.1) is 0 Å². The predicted molar refractivity (Wildman–Crippen MR) is 87.6 cm³/mol. The Kier molecular flexibility index (Phi) is 5.84. The SMILES string of the molecule is NC(Cc1ccc(O)c(O)c1)C(=O)OCCc1ccc(Cl)cc1. The molecular formula is C17H18ClNO4. The summed E-state index contributed by atoms with van der Waals surface area (Å²) < 4.78 is 5.16. The number of phenolic OH excluding ortho intramolecular Hbond substituents is 2. The standard InChI is InChI=1S/C17H18ClNO4/c18-13-4-1-11(2-5-13)7-8-23-17(22)14(19)9-12-3-6-15(20)16(21)10-12/h1-6,10,14,20-21H,7-9,19H2. The largest absolute Gasteiger partial charge is 0.504 e. The molecule has 0 aliphatic rings. The third-order valence-electron chi connectivity index (χ3n) is 3.35. The van der Waals surface area contributed by atoms with E-state index in [1.807, 2.05) is 12.1 Å². The fourth-order valence-electron chi connectivity index (χ4n) is 2.06. The first-order valence-electron chi connectivity index (χ1n) is 7.13. The van der Waals surface area contributed by atoms with Crippen LogP contribution in [0.3, 0.4) is 0 Å². The first kappa shape index (κ1) is 17.1. The fourth-order valence-corrected chi connectivity index (χ4v) is 2.19. The van der Waals surface area contributed by atoms with Crippen LogP contribution in [0.25, 0.3) is 0 Å². The number of carbonyl (C=O) groups excluding carboxylic acids is 1. The molecule has 0 aliphatic carbocycles. The zero-order chi connectivity index (χ0) is 16.8. The third-order valence-corrected chi connectivity index (χ3v) is 3.60. The van der Waals surface area contributed by atoms with Crippen LogP contribution >= 0.6 is 11.6 Å². The molecule has 0 amide bonds. The van der Waals surface area contributed by atoms with Crippen LogP contribution < -0.4 is 5.73 Å². The molecule has 0 heterocycles. The Morgan fingerprint density at radius 1 is 1.09 bits per heavy atom. The van der Waals surface area contributed by atoms with E-state index in [0.29, 0.717) is 17.0 Å². The minimum absolute atomic E-state index is 0.215. The molecule has 2 aromatic rings. The fraction of sp³-hybridized carbons (Fsp3) is 0.235. The maximum atomic E-state index is 11.9. The number of carbonyl (C=O) groups is 1. The minimum atomic E-state index is -0.829. The summed E-state index contributed by atoms with van der Waals surface area (Å²) in [4.78, 5) is 11.9. The van der Waals surface area contributed by atoms with Gasteiger partial charge in [-0.2, -0.15) is 0 Å². The second-order valence-corrected chi connectivity index (χ2v) is 5.61. The van der Waals surface area contributed by atoms with Gasteiger partial charge >= 0.3 is 5.97 Å². The van der Waals surface area contributed by atoms with Gasteiger partial charge in [0.05, 0.1) is 6.61 Å². The molecule has 2 rings (SSSR count). The normalized spacial score (nSPS) is 11.9. The summed E-state index contributed by atoms with van der Waals surface area (Å²) in [6.07, 6.45) is 0.795. The van der Waals surface area contributed by atoms with Crippen molar-refractivity contribution in [3.05, 3.63) is 58.6 Å². The van der Waals surface area contributed by atoms with E-state index in [4.69, 9.17) is 22.1 Å². The van der Waals surface area contributed by atoms with Crippen LogP contribution in [0.1, 0.15) is 11.1 Å². The van der Waals surface area contributed by atoms with Crippen molar-refractivity contribution < 1.29 is 19.7 Å². The summed E-state index contributed by atoms with van der Waals surface area (Å²) in [6, 6.07) is 10.8. The van der Waals surface area contributed by atoms with E-state index in [2.05, 4.69) is 0 Å². The van der Waals surface area contributed by atoms with Crippen molar-refractivity contribution in [3.63, 3.8) is 0 Å². The van der Waals surface area contributed by atoms with Crippen molar-refractivity contribution in [3.8, 4) is 11.5 Å². The first-order chi connectivity index (χ1) is 11.0. The van der Waals surface area contributed by atoms with Crippen LogP contribution in [0.2, 0.25) is 5.02 Å². The molecule has 0 aromatic heterocycles. The lowest BCUT2D eigenvalue weighted by Crippen LogP contribution is -2.34. The van der Waals surface area contributed by atoms with Gasteiger partial charge in [-0.25, -0.2) is 0 Å². The van der Waals surface area contributed by atoms with Gasteiger partial charge in [-0.05, 0) is 41.8 Å². The first-order valence-corrected chi connectivity index (χ1v) is 7.51. The molecule has 122 valence electrons. The average molecular weight is 336 g/mol. The van der Waals surface area contributed by atoms with Gasteiger partial charge in [-0.15, -0.1) is 0 Å². The molecule has 5 nitrogen and oxygen atoms in total. The van der Waals surface area contributed by atoms with Crippen LogP contribution in [0.5, 0.6) is 11.5 Å². The Balaban J connectivity index is 1.80. The Hall–Kier alpha value is -2.24. The summed E-state index contributed by atoms with van der Waals surface area (Å²) in [5.74, 6) is -0.967. The van der Waals surface area contributed by atoms with Crippen LogP contribution in [0.4, 0.5) is 0 Å². The van der Waals surface area contributed by atoms with Crippen LogP contribution in [-0.2, 0) is 22.4 Å². The van der Waals surface area contributed by atoms with E-state index in [-0.39, 0.29) is 24.5 Å². The maximum absolute atomic E-state index is 11.9. The summed E-state index contributed by atoms with van der Waals surface area (Å²) in [5, 5.41) is 19.3. The molecule has 6 heteroatoms. The lowest BCUT2D eigenvalue weighted by Gasteiger charge is -2.12. The minimum Gasteiger partial charge on any atom is -0.504 e. The molecule has 0 saturated carbocycles. The highest BCUT2D eigenvalue weighted by Crippen LogP contribution is 2.25. The number of hydrogen-bond donors (Lipinski definition) is 3. The molecule has 0 aliphatic heterocycles. The topological polar surface area (TPSA) is 92.8 Å². The Morgan fingerprint density at radius 2 is 1.74 bits per heavy atom. The number of halogens is 1. The molecule has 0 spiro atoms. The van der Waals surface area contributed by atoms with Crippen molar-refractivity contribution >= 4 is 17.6 Å². The van der Waals surface area contributed by atoms with Gasteiger partial charge in [-0.3, -0.25) is 4.79 Å². The number of nitrogens with two attached hydrogens (primary N) is 1. The zero-order valence-electron chi connectivity index (χ0n) is 12.4. The molecule has 0 radical (unpaired) electrons. The summed E-state index contributed by atoms with van der Waals surface area (Å²) >= 11 is 5.80. The lowest BCUT2D eigenvalue weighted by atomic mass is 10.1. The van der Waals surface area contributed by atoms with E-state index >= 15 is 0 Å². The Labute approximate surface area is 139 Å². The van der Waals surface area contributed by atoms with Crippen LogP contribution in [-0.4, -0.2) is 28.8 Å². The summed E-state index contributed by atoms with van der Waals surface area (Å²) in [5.41, 5.74) is 7.45. The lowest BCUT2D eigenvalue weighted by molar-refractivity contribution is -0.145. The smallest absolute Gasteiger partial charge is 0.323 e. The number of ether oxygens (including phenoxy) is 1. The Bertz CT molecular complexity index is 673. The van der Waals surface area contributed by atoms with E-state index in [0.717, 1.165) is 5.56 Å². The second kappa shape index (κ2) is 7.85. The van der Waals surface area contributed by atoms with E-state index in [9.17, 15) is 15.0 Å². The molecule has 1 unspecified atom stereocenters. The molecule has 0 saturated heterocycles. The summed E-state index contributed by atoms with van der Waals surface area (Å²) in [6.45, 7) is 0.231. The van der Waals surface area contributed by atoms with E-state index < -0.39 is 12.0 Å². The quantitative estimate of drug-likeness (QED) is 0.557. The zero-order valence-corrected chi connectivity index (χ0v) is 13.2. The number of benzene rings is 2. The predicted octanol–water partition coefficient (Wildman–Crippen LogP) is 2.41. The molecule has 4 N–H and O–H groups in total.